The molecule has 1 unspecified atom stereocenters. The lowest BCUT2D eigenvalue weighted by atomic mass is 10.1. The second-order valence-corrected chi connectivity index (χ2v) is 9.27. The van der Waals surface area contributed by atoms with E-state index in [1.165, 1.54) is 17.7 Å². The summed E-state index contributed by atoms with van der Waals surface area (Å²) in [5.41, 5.74) is 9.76. The Bertz CT molecular complexity index is 1530. The number of halogens is 2. The Hall–Kier alpha value is -4.41. The van der Waals surface area contributed by atoms with Crippen LogP contribution in [0, 0.1) is 10.1 Å². The Morgan fingerprint density at radius 1 is 1.08 bits per heavy atom. The summed E-state index contributed by atoms with van der Waals surface area (Å²) >= 11 is 12.7. The van der Waals surface area contributed by atoms with Gasteiger partial charge in [-0.25, -0.2) is 9.67 Å². The standard InChI is InChI=1S/C26H22Cl2N8O2/c27-17-6-11-20(22(28)14-17)23-21(15-35(34-23)18-7-9-19(10-8-18)36(37)38)24-31-25(29)33-26(32-24)30-13-12-16-4-2-1-3-5-16/h1-11,14-15,24H,12-13H2,(H4,29,30,31,32,33). The Kier molecular flexibility index (Phi) is 7.25. The molecule has 0 amide bonds. The smallest absolute Gasteiger partial charge is 0.269 e. The van der Waals surface area contributed by atoms with Crippen LogP contribution in [0.15, 0.2) is 89.0 Å². The van der Waals surface area contributed by atoms with Crippen LogP contribution >= 0.6 is 23.2 Å². The number of nitrogens with one attached hydrogen (secondary N) is 2. The fourth-order valence-electron chi connectivity index (χ4n) is 4.00. The van der Waals surface area contributed by atoms with Crippen LogP contribution in [0.4, 0.5) is 5.69 Å². The molecule has 1 aromatic heterocycles. The first-order valence-corrected chi connectivity index (χ1v) is 12.4. The van der Waals surface area contributed by atoms with Gasteiger partial charge in [0.05, 0.1) is 15.6 Å². The van der Waals surface area contributed by atoms with E-state index in [1.807, 2.05) is 18.2 Å². The number of guanidine groups is 2. The van der Waals surface area contributed by atoms with E-state index >= 15 is 0 Å². The second-order valence-electron chi connectivity index (χ2n) is 8.43. The summed E-state index contributed by atoms with van der Waals surface area (Å²) in [7, 11) is 0. The van der Waals surface area contributed by atoms with Gasteiger partial charge >= 0.3 is 0 Å². The number of hydrogen-bond donors (Lipinski definition) is 3. The van der Waals surface area contributed by atoms with Crippen molar-refractivity contribution in [2.75, 3.05) is 6.54 Å². The summed E-state index contributed by atoms with van der Waals surface area (Å²) in [6, 6.07) is 21.3. The van der Waals surface area contributed by atoms with Gasteiger partial charge in [0.1, 0.15) is 5.69 Å². The molecule has 0 radical (unpaired) electrons. The maximum Gasteiger partial charge on any atom is 0.269 e. The van der Waals surface area contributed by atoms with Crippen LogP contribution in [0.1, 0.15) is 17.3 Å². The predicted octanol–water partition coefficient (Wildman–Crippen LogP) is 4.86. The number of nitro benzene ring substituents is 1. The van der Waals surface area contributed by atoms with Gasteiger partial charge in [-0.15, -0.1) is 0 Å². The van der Waals surface area contributed by atoms with Gasteiger partial charge in [0.25, 0.3) is 5.69 Å². The lowest BCUT2D eigenvalue weighted by molar-refractivity contribution is -0.384. The van der Waals surface area contributed by atoms with Crippen molar-refractivity contribution >= 4 is 40.8 Å². The first kappa shape index (κ1) is 25.2. The minimum atomic E-state index is -0.625. The summed E-state index contributed by atoms with van der Waals surface area (Å²) in [5.74, 6) is 0.679. The molecule has 0 bridgehead atoms. The molecule has 1 aliphatic rings. The van der Waals surface area contributed by atoms with Crippen molar-refractivity contribution < 1.29 is 4.92 Å². The van der Waals surface area contributed by atoms with E-state index in [-0.39, 0.29) is 11.6 Å². The third kappa shape index (κ3) is 5.61. The van der Waals surface area contributed by atoms with Crippen LogP contribution in [-0.4, -0.2) is 33.2 Å². The molecular formula is C26H22Cl2N8O2. The Balaban J connectivity index is 1.50. The minimum absolute atomic E-state index is 0.0177. The monoisotopic (exact) mass is 548 g/mol. The first-order chi connectivity index (χ1) is 18.4. The molecule has 1 atom stereocenters. The Morgan fingerprint density at radius 3 is 2.55 bits per heavy atom. The lowest BCUT2D eigenvalue weighted by Gasteiger charge is -2.24. The van der Waals surface area contributed by atoms with Crippen LogP contribution in [0.3, 0.4) is 0 Å². The van der Waals surface area contributed by atoms with Gasteiger partial charge in [0, 0.05) is 41.0 Å². The molecule has 0 spiro atoms. The van der Waals surface area contributed by atoms with Crippen LogP contribution in [0.5, 0.6) is 0 Å². The molecule has 1 aliphatic heterocycles. The third-order valence-corrected chi connectivity index (χ3v) is 6.40. The Labute approximate surface area is 228 Å². The molecular weight excluding hydrogens is 527 g/mol. The van der Waals surface area contributed by atoms with E-state index in [9.17, 15) is 10.1 Å². The maximum atomic E-state index is 11.1. The third-order valence-electron chi connectivity index (χ3n) is 5.85. The topological polar surface area (TPSA) is 136 Å². The molecule has 0 saturated carbocycles. The van der Waals surface area contributed by atoms with Crippen molar-refractivity contribution in [2.45, 2.75) is 12.6 Å². The number of aliphatic imine (C=N–C) groups is 2. The molecule has 2 heterocycles. The fraction of sp³-hybridized carbons (Fsp3) is 0.115. The largest absolute Gasteiger partial charge is 0.370 e. The molecule has 0 fully saturated rings. The highest BCUT2D eigenvalue weighted by Crippen LogP contribution is 2.35. The van der Waals surface area contributed by atoms with Gasteiger partial charge in [-0.2, -0.15) is 5.10 Å². The van der Waals surface area contributed by atoms with Gasteiger partial charge in [-0.3, -0.25) is 20.4 Å². The molecule has 10 nitrogen and oxygen atoms in total. The maximum absolute atomic E-state index is 11.1. The van der Waals surface area contributed by atoms with E-state index in [1.54, 1.807) is 41.2 Å². The van der Waals surface area contributed by atoms with Gasteiger partial charge in [0.2, 0.25) is 0 Å². The average Bonchev–Trinajstić information content (AvgIpc) is 3.34. The highest BCUT2D eigenvalue weighted by molar-refractivity contribution is 6.36. The molecule has 5 rings (SSSR count). The zero-order chi connectivity index (χ0) is 26.6. The van der Waals surface area contributed by atoms with Crippen molar-refractivity contribution in [3.8, 4) is 16.9 Å². The number of non-ortho nitro benzene ring substituents is 1. The fourth-order valence-corrected chi connectivity index (χ4v) is 4.50. The molecule has 38 heavy (non-hydrogen) atoms. The molecule has 4 aromatic rings. The van der Waals surface area contributed by atoms with Crippen molar-refractivity contribution in [1.82, 2.24) is 20.4 Å². The van der Waals surface area contributed by atoms with Crippen LogP contribution in [-0.2, 0) is 6.42 Å². The summed E-state index contributed by atoms with van der Waals surface area (Å²) in [6.07, 6.45) is 1.92. The van der Waals surface area contributed by atoms with Crippen molar-refractivity contribution in [1.29, 1.82) is 0 Å². The second kappa shape index (κ2) is 10.9. The molecule has 3 aromatic carbocycles. The minimum Gasteiger partial charge on any atom is -0.370 e. The highest BCUT2D eigenvalue weighted by atomic mass is 35.5. The van der Waals surface area contributed by atoms with Gasteiger partial charge in [-0.05, 0) is 42.3 Å². The number of hydrogen-bond acceptors (Lipinski definition) is 6. The summed E-state index contributed by atoms with van der Waals surface area (Å²) in [6.45, 7) is 0.539. The molecule has 4 N–H and O–H groups in total. The van der Waals surface area contributed by atoms with Gasteiger partial charge in [-0.1, -0.05) is 53.5 Å². The quantitative estimate of drug-likeness (QED) is 0.223. The summed E-state index contributed by atoms with van der Waals surface area (Å²) in [5, 5.41) is 23.0. The normalized spacial score (nSPS) is 16.0. The number of nitro groups is 1. The van der Waals surface area contributed by atoms with Crippen LogP contribution in [0.2, 0.25) is 10.0 Å². The highest BCUT2D eigenvalue weighted by Gasteiger charge is 2.26. The van der Waals surface area contributed by atoms with Crippen molar-refractivity contribution in [3.63, 3.8) is 0 Å². The number of aromatic nitrogens is 2. The zero-order valence-corrected chi connectivity index (χ0v) is 21.4. The van der Waals surface area contributed by atoms with Crippen LogP contribution in [0.25, 0.3) is 16.9 Å². The van der Waals surface area contributed by atoms with Gasteiger partial charge in [0.15, 0.2) is 18.1 Å². The van der Waals surface area contributed by atoms with Crippen molar-refractivity contribution in [3.05, 3.63) is 110 Å². The molecule has 192 valence electrons. The van der Waals surface area contributed by atoms with E-state index in [0.29, 0.717) is 45.1 Å². The summed E-state index contributed by atoms with van der Waals surface area (Å²) in [4.78, 5) is 19.8. The van der Waals surface area contributed by atoms with Crippen molar-refractivity contribution in [2.24, 2.45) is 15.7 Å². The average molecular weight is 549 g/mol. The van der Waals surface area contributed by atoms with E-state index in [0.717, 1.165) is 6.42 Å². The van der Waals surface area contributed by atoms with E-state index < -0.39 is 11.1 Å². The number of nitrogens with two attached hydrogens (primary N) is 1. The SMILES string of the molecule is NC1=NC(c2cn(-c3ccc([N+](=O)[O-])cc3)nc2-c2ccc(Cl)cc2Cl)NC(=NCCc2ccccc2)N1. The van der Waals surface area contributed by atoms with Crippen LogP contribution < -0.4 is 16.4 Å². The molecule has 0 aliphatic carbocycles. The number of benzene rings is 3. The number of nitrogens with zero attached hydrogens (tertiary/aromatic N) is 5. The first-order valence-electron chi connectivity index (χ1n) is 11.6. The lowest BCUT2D eigenvalue weighted by Crippen LogP contribution is -2.50. The predicted molar refractivity (Wildman–Crippen MR) is 149 cm³/mol. The van der Waals surface area contributed by atoms with E-state index in [2.05, 4.69) is 32.8 Å². The molecule has 0 saturated heterocycles. The zero-order valence-electron chi connectivity index (χ0n) is 19.9. The summed E-state index contributed by atoms with van der Waals surface area (Å²) < 4.78 is 1.61. The van der Waals surface area contributed by atoms with E-state index in [4.69, 9.17) is 34.0 Å². The Morgan fingerprint density at radius 2 is 1.84 bits per heavy atom. The van der Waals surface area contributed by atoms with Gasteiger partial charge < -0.3 is 11.1 Å². The molecule has 12 heteroatoms. The number of rotatable bonds is 7.